The molecule has 0 aliphatic carbocycles. The molecule has 0 atom stereocenters. The van der Waals surface area contributed by atoms with E-state index in [4.69, 9.17) is 0 Å². The predicted molar refractivity (Wildman–Crippen MR) is 66.1 cm³/mol. The molecule has 74 valence electrons. The Labute approximate surface area is 83.2 Å². The molecule has 2 heteroatoms. The van der Waals surface area contributed by atoms with E-state index in [2.05, 4.69) is 27.7 Å². The topological polar surface area (TPSA) is 0 Å². The van der Waals surface area contributed by atoms with Gasteiger partial charge >= 0.3 is 0 Å². The molecule has 12 heavy (non-hydrogen) atoms. The molecule has 0 saturated carbocycles. The Morgan fingerprint density at radius 3 is 2.17 bits per heavy atom. The van der Waals surface area contributed by atoms with Gasteiger partial charge in [0.2, 0.25) is 0 Å². The highest BCUT2D eigenvalue weighted by atomic mass is 28.2. The average Bonchev–Trinajstić information content (AvgIpc) is 1.94. The van der Waals surface area contributed by atoms with Crippen LogP contribution in [0.3, 0.4) is 0 Å². The summed E-state index contributed by atoms with van der Waals surface area (Å²) in [4.78, 5) is 0. The maximum atomic E-state index is 2.41. The first-order chi connectivity index (χ1) is 5.56. The molecular formula is C10H26Si2. The van der Waals surface area contributed by atoms with Crippen LogP contribution in [0.2, 0.25) is 23.2 Å². The van der Waals surface area contributed by atoms with E-state index in [1.165, 1.54) is 12.8 Å². The fourth-order valence-electron chi connectivity index (χ4n) is 1.44. The van der Waals surface area contributed by atoms with Gasteiger partial charge in [0, 0.05) is 19.0 Å². The first kappa shape index (κ1) is 12.4. The quantitative estimate of drug-likeness (QED) is 0.459. The third-order valence-electron chi connectivity index (χ3n) is 2.28. The van der Waals surface area contributed by atoms with Gasteiger partial charge in [-0.3, -0.25) is 0 Å². The lowest BCUT2D eigenvalue weighted by Crippen LogP contribution is -2.08. The van der Waals surface area contributed by atoms with Gasteiger partial charge in [-0.1, -0.05) is 58.7 Å². The third-order valence-corrected chi connectivity index (χ3v) is 7.63. The second-order valence-corrected chi connectivity index (χ2v) is 10.5. The Hall–Kier alpha value is 0.434. The Morgan fingerprint density at radius 2 is 1.67 bits per heavy atom. The van der Waals surface area contributed by atoms with Gasteiger partial charge < -0.3 is 0 Å². The Balaban J connectivity index is 3.01. The van der Waals surface area contributed by atoms with Gasteiger partial charge in [0.1, 0.15) is 0 Å². The van der Waals surface area contributed by atoms with Gasteiger partial charge in [-0.05, 0) is 5.04 Å². The molecule has 0 aromatic heterocycles. The number of hydrogen-bond acceptors (Lipinski definition) is 0. The SMILES string of the molecule is CCCC[SiH2]CC[SiH2]C(C)(C)C. The normalized spacial score (nSPS) is 14.0. The summed E-state index contributed by atoms with van der Waals surface area (Å²) in [6.45, 7) is 9.53. The van der Waals surface area contributed by atoms with Crippen LogP contribution in [0.4, 0.5) is 0 Å². The monoisotopic (exact) mass is 202 g/mol. The van der Waals surface area contributed by atoms with E-state index in [0.717, 1.165) is 0 Å². The second kappa shape index (κ2) is 6.90. The minimum Gasteiger partial charge on any atom is -0.0656 e. The molecule has 0 radical (unpaired) electrons. The summed E-state index contributed by atoms with van der Waals surface area (Å²) in [6, 6.07) is 4.87. The number of rotatable bonds is 6. The van der Waals surface area contributed by atoms with Crippen LogP contribution in [0.5, 0.6) is 0 Å². The van der Waals surface area contributed by atoms with E-state index in [0.29, 0.717) is 14.6 Å². The lowest BCUT2D eigenvalue weighted by atomic mass is 10.3. The summed E-state index contributed by atoms with van der Waals surface area (Å²) in [7, 11) is 0.616. The fraction of sp³-hybridized carbons (Fsp3) is 1.00. The van der Waals surface area contributed by atoms with Gasteiger partial charge in [-0.2, -0.15) is 0 Å². The molecule has 0 unspecified atom stereocenters. The van der Waals surface area contributed by atoms with Crippen LogP contribution in [0.25, 0.3) is 0 Å². The fourth-order valence-corrected chi connectivity index (χ4v) is 6.12. The van der Waals surface area contributed by atoms with Crippen LogP contribution in [0, 0.1) is 0 Å². The van der Waals surface area contributed by atoms with Crippen LogP contribution < -0.4 is 0 Å². The van der Waals surface area contributed by atoms with E-state index in [1.54, 1.807) is 18.1 Å². The second-order valence-electron chi connectivity index (χ2n) is 5.08. The van der Waals surface area contributed by atoms with Gasteiger partial charge in [-0.15, -0.1) is 0 Å². The van der Waals surface area contributed by atoms with Crippen molar-refractivity contribution >= 4 is 19.0 Å². The number of unbranched alkanes of at least 4 members (excludes halogenated alkanes) is 1. The molecule has 0 saturated heterocycles. The Morgan fingerprint density at radius 1 is 1.00 bits per heavy atom. The summed E-state index contributed by atoms with van der Waals surface area (Å²) in [5.74, 6) is 0. The van der Waals surface area contributed by atoms with Crippen LogP contribution in [-0.2, 0) is 0 Å². The zero-order valence-corrected chi connectivity index (χ0v) is 12.3. The van der Waals surface area contributed by atoms with Crippen molar-refractivity contribution < 1.29 is 0 Å². The summed E-state index contributed by atoms with van der Waals surface area (Å²) in [5, 5.41) is 0.707. The molecule has 0 aromatic rings. The van der Waals surface area contributed by atoms with E-state index in [1.807, 2.05) is 0 Å². The molecule has 0 aliphatic rings. The highest BCUT2D eigenvalue weighted by Crippen LogP contribution is 2.22. The van der Waals surface area contributed by atoms with Crippen molar-refractivity contribution in [3.63, 3.8) is 0 Å². The van der Waals surface area contributed by atoms with Crippen LogP contribution in [0.1, 0.15) is 40.5 Å². The van der Waals surface area contributed by atoms with Crippen LogP contribution in [0.15, 0.2) is 0 Å². The zero-order chi connectivity index (χ0) is 9.45. The lowest BCUT2D eigenvalue weighted by Gasteiger charge is -2.16. The molecule has 0 aliphatic heterocycles. The Bertz CT molecular complexity index is 94.5. The molecule has 0 heterocycles. The van der Waals surface area contributed by atoms with Crippen LogP contribution >= 0.6 is 0 Å². The van der Waals surface area contributed by atoms with Gasteiger partial charge in [-0.25, -0.2) is 0 Å². The minimum atomic E-state index is 0.250. The van der Waals surface area contributed by atoms with E-state index in [9.17, 15) is 0 Å². The maximum absolute atomic E-state index is 2.41. The molecule has 0 N–H and O–H groups in total. The highest BCUT2D eigenvalue weighted by molar-refractivity contribution is 6.44. The van der Waals surface area contributed by atoms with E-state index < -0.39 is 0 Å². The number of hydrogen-bond donors (Lipinski definition) is 0. The van der Waals surface area contributed by atoms with Crippen molar-refractivity contribution in [2.75, 3.05) is 0 Å². The predicted octanol–water partition coefficient (Wildman–Crippen LogP) is 2.60. The zero-order valence-electron chi connectivity index (χ0n) is 9.45. The summed E-state index contributed by atoms with van der Waals surface area (Å²) in [5.41, 5.74) is 0. The van der Waals surface area contributed by atoms with Crippen molar-refractivity contribution in [1.82, 2.24) is 0 Å². The Kier molecular flexibility index (Phi) is 7.15. The van der Waals surface area contributed by atoms with E-state index >= 15 is 0 Å². The van der Waals surface area contributed by atoms with Crippen molar-refractivity contribution in [3.8, 4) is 0 Å². The van der Waals surface area contributed by atoms with Gasteiger partial charge in [0.25, 0.3) is 0 Å². The molecule has 0 nitrogen and oxygen atoms in total. The highest BCUT2D eigenvalue weighted by Gasteiger charge is 2.09. The summed E-state index contributed by atoms with van der Waals surface area (Å²) >= 11 is 0. The lowest BCUT2D eigenvalue weighted by molar-refractivity contribution is 0.750. The molecule has 0 amide bonds. The first-order valence-electron chi connectivity index (χ1n) is 5.56. The van der Waals surface area contributed by atoms with Crippen molar-refractivity contribution in [2.45, 2.75) is 63.7 Å². The molecule has 0 rings (SSSR count). The van der Waals surface area contributed by atoms with Crippen LogP contribution in [-0.4, -0.2) is 19.0 Å². The third kappa shape index (κ3) is 10.4. The van der Waals surface area contributed by atoms with Gasteiger partial charge in [0.15, 0.2) is 0 Å². The smallest absolute Gasteiger partial charge is 0.0257 e. The van der Waals surface area contributed by atoms with Crippen molar-refractivity contribution in [3.05, 3.63) is 0 Å². The maximum Gasteiger partial charge on any atom is 0.0257 e. The standard InChI is InChI=1S/C10H26Si2/c1-5-6-7-11-8-9-12-10(2,3)4/h5-9,11-12H2,1-4H3. The van der Waals surface area contributed by atoms with Crippen molar-refractivity contribution in [2.24, 2.45) is 0 Å². The first-order valence-corrected chi connectivity index (χ1v) is 9.27. The van der Waals surface area contributed by atoms with Gasteiger partial charge in [0.05, 0.1) is 0 Å². The summed E-state index contributed by atoms with van der Waals surface area (Å²) < 4.78 is 0. The molecule has 0 aromatic carbocycles. The average molecular weight is 202 g/mol. The van der Waals surface area contributed by atoms with Crippen molar-refractivity contribution in [1.29, 1.82) is 0 Å². The largest absolute Gasteiger partial charge is 0.0656 e. The van der Waals surface area contributed by atoms with E-state index in [-0.39, 0.29) is 9.52 Å². The molecule has 0 spiro atoms. The molecule has 0 fully saturated rings. The minimum absolute atomic E-state index is 0.250. The summed E-state index contributed by atoms with van der Waals surface area (Å²) in [6.07, 6.45) is 2.91. The molecule has 0 bridgehead atoms. The molecular weight excluding hydrogens is 176 g/mol.